The zero-order chi connectivity index (χ0) is 8.27. The number of nitriles is 2. The van der Waals surface area contributed by atoms with Crippen molar-refractivity contribution in [2.45, 2.75) is 0 Å². The van der Waals surface area contributed by atoms with Crippen LogP contribution in [0.5, 0.6) is 0 Å². The van der Waals surface area contributed by atoms with E-state index in [1.807, 2.05) is 0 Å². The van der Waals surface area contributed by atoms with E-state index in [9.17, 15) is 5.21 Å². The summed E-state index contributed by atoms with van der Waals surface area (Å²) in [6.07, 6.45) is 0. The fourth-order valence-electron chi connectivity index (χ4n) is 0.661. The first kappa shape index (κ1) is 7.04. The molecule has 0 aliphatic heterocycles. The van der Waals surface area contributed by atoms with Gasteiger partial charge in [0.25, 0.3) is 11.4 Å². The molecule has 0 aromatic carbocycles. The molecular weight excluding hydrogens is 142 g/mol. The van der Waals surface area contributed by atoms with Gasteiger partial charge in [0.2, 0.25) is 0 Å². The molecule has 0 bridgehead atoms. The Morgan fingerprint density at radius 2 is 1.64 bits per heavy atom. The number of aromatic nitrogens is 1. The van der Waals surface area contributed by atoms with Crippen molar-refractivity contribution in [2.24, 2.45) is 0 Å². The van der Waals surface area contributed by atoms with Gasteiger partial charge in [0.15, 0.2) is 12.1 Å². The monoisotopic (exact) mass is 145 g/mol. The molecule has 0 saturated heterocycles. The van der Waals surface area contributed by atoms with E-state index in [2.05, 4.69) is 0 Å². The SMILES string of the molecule is N#Cc1cccc(C#N)[n+]1[O-]. The summed E-state index contributed by atoms with van der Waals surface area (Å²) in [6, 6.07) is 7.54. The van der Waals surface area contributed by atoms with E-state index < -0.39 is 0 Å². The molecule has 11 heavy (non-hydrogen) atoms. The minimum absolute atomic E-state index is 0.0657. The molecular formula is C7H3N3O. The van der Waals surface area contributed by atoms with Gasteiger partial charge in [0, 0.05) is 12.1 Å². The number of rotatable bonds is 0. The van der Waals surface area contributed by atoms with Crippen LogP contribution in [0.3, 0.4) is 0 Å². The topological polar surface area (TPSA) is 74.5 Å². The van der Waals surface area contributed by atoms with E-state index in [1.165, 1.54) is 18.2 Å². The normalized spacial score (nSPS) is 8.18. The summed E-state index contributed by atoms with van der Waals surface area (Å²) < 4.78 is 0.306. The lowest BCUT2D eigenvalue weighted by Crippen LogP contribution is -2.34. The van der Waals surface area contributed by atoms with Crippen LogP contribution in [0.1, 0.15) is 11.4 Å². The molecule has 0 atom stereocenters. The maximum Gasteiger partial charge on any atom is 0.295 e. The first-order chi connectivity index (χ1) is 5.29. The fourth-order valence-corrected chi connectivity index (χ4v) is 0.661. The van der Waals surface area contributed by atoms with Crippen molar-refractivity contribution < 1.29 is 4.73 Å². The Balaban J connectivity index is 3.38. The van der Waals surface area contributed by atoms with E-state index in [1.54, 1.807) is 12.1 Å². The van der Waals surface area contributed by atoms with Crippen LogP contribution >= 0.6 is 0 Å². The number of pyridine rings is 1. The van der Waals surface area contributed by atoms with Gasteiger partial charge in [-0.1, -0.05) is 0 Å². The first-order valence-corrected chi connectivity index (χ1v) is 2.82. The van der Waals surface area contributed by atoms with E-state index in [4.69, 9.17) is 10.5 Å². The van der Waals surface area contributed by atoms with Crippen LogP contribution in [0, 0.1) is 27.9 Å². The Morgan fingerprint density at radius 1 is 1.18 bits per heavy atom. The molecule has 4 heteroatoms. The predicted octanol–water partition coefficient (Wildman–Crippen LogP) is 0.0634. The molecule has 52 valence electrons. The van der Waals surface area contributed by atoms with Crippen LogP contribution in [0.2, 0.25) is 0 Å². The summed E-state index contributed by atoms with van der Waals surface area (Å²) in [7, 11) is 0. The molecule has 4 nitrogen and oxygen atoms in total. The standard InChI is InChI=1S/C7H3N3O/c8-4-6-2-1-3-7(5-9)10(6)11/h1-3H. The quantitative estimate of drug-likeness (QED) is 0.382. The lowest BCUT2D eigenvalue weighted by atomic mass is 10.3. The molecule has 0 aliphatic rings. The van der Waals surface area contributed by atoms with Crippen LogP contribution in [0.25, 0.3) is 0 Å². The van der Waals surface area contributed by atoms with Crippen molar-refractivity contribution in [1.29, 1.82) is 10.5 Å². The van der Waals surface area contributed by atoms with Crippen LogP contribution in [-0.2, 0) is 0 Å². The van der Waals surface area contributed by atoms with Gasteiger partial charge in [-0.25, -0.2) is 0 Å². The minimum Gasteiger partial charge on any atom is -0.617 e. The molecule has 0 unspecified atom stereocenters. The lowest BCUT2D eigenvalue weighted by Gasteiger charge is -1.97. The second-order valence-corrected chi connectivity index (χ2v) is 1.81. The Morgan fingerprint density at radius 3 is 2.00 bits per heavy atom. The highest BCUT2D eigenvalue weighted by Gasteiger charge is 2.07. The highest BCUT2D eigenvalue weighted by molar-refractivity contribution is 5.21. The van der Waals surface area contributed by atoms with E-state index in [0.29, 0.717) is 4.73 Å². The van der Waals surface area contributed by atoms with E-state index in [0.717, 1.165) is 0 Å². The summed E-state index contributed by atoms with van der Waals surface area (Å²) in [5.41, 5.74) is -0.131. The Bertz CT molecular complexity index is 327. The zero-order valence-corrected chi connectivity index (χ0v) is 5.48. The van der Waals surface area contributed by atoms with Gasteiger partial charge in [0.05, 0.1) is 0 Å². The molecule has 1 heterocycles. The summed E-state index contributed by atoms with van der Waals surface area (Å²) in [4.78, 5) is 0. The molecule has 0 N–H and O–H groups in total. The second-order valence-electron chi connectivity index (χ2n) is 1.81. The molecule has 0 saturated carbocycles. The first-order valence-electron chi connectivity index (χ1n) is 2.82. The van der Waals surface area contributed by atoms with Crippen LogP contribution in [0.4, 0.5) is 0 Å². The fraction of sp³-hybridized carbons (Fsp3) is 0. The summed E-state index contributed by atoms with van der Waals surface area (Å²) in [6.45, 7) is 0. The smallest absolute Gasteiger partial charge is 0.295 e. The molecule has 0 spiro atoms. The van der Waals surface area contributed by atoms with Crippen LogP contribution in [0.15, 0.2) is 18.2 Å². The zero-order valence-electron chi connectivity index (χ0n) is 5.48. The average Bonchev–Trinajstić information content (AvgIpc) is 2.05. The highest BCUT2D eigenvalue weighted by Crippen LogP contribution is 1.92. The Hall–Kier alpha value is -2.07. The van der Waals surface area contributed by atoms with Crippen LogP contribution in [-0.4, -0.2) is 0 Å². The third-order valence-electron chi connectivity index (χ3n) is 1.17. The van der Waals surface area contributed by atoms with Gasteiger partial charge < -0.3 is 5.21 Å². The number of nitrogens with zero attached hydrogens (tertiary/aromatic N) is 3. The van der Waals surface area contributed by atoms with Gasteiger partial charge in [0.1, 0.15) is 0 Å². The van der Waals surface area contributed by atoms with E-state index >= 15 is 0 Å². The average molecular weight is 145 g/mol. The van der Waals surface area contributed by atoms with Crippen LogP contribution < -0.4 is 4.73 Å². The number of hydrogen-bond donors (Lipinski definition) is 0. The maximum atomic E-state index is 10.9. The summed E-state index contributed by atoms with van der Waals surface area (Å²) in [5.74, 6) is 0. The molecule has 1 rings (SSSR count). The van der Waals surface area contributed by atoms with Crippen molar-refractivity contribution in [3.63, 3.8) is 0 Å². The number of hydrogen-bond acceptors (Lipinski definition) is 3. The Labute approximate surface area is 63.1 Å². The largest absolute Gasteiger partial charge is 0.617 e. The third-order valence-corrected chi connectivity index (χ3v) is 1.17. The van der Waals surface area contributed by atoms with Gasteiger partial charge in [-0.3, -0.25) is 0 Å². The molecule has 0 aliphatic carbocycles. The lowest BCUT2D eigenvalue weighted by molar-refractivity contribution is -0.611. The molecule has 0 radical (unpaired) electrons. The van der Waals surface area contributed by atoms with Gasteiger partial charge in [-0.05, 0) is 6.07 Å². The summed E-state index contributed by atoms with van der Waals surface area (Å²) >= 11 is 0. The van der Waals surface area contributed by atoms with Gasteiger partial charge >= 0.3 is 0 Å². The molecule has 1 aromatic rings. The highest BCUT2D eigenvalue weighted by atomic mass is 16.5. The Kier molecular flexibility index (Phi) is 1.71. The molecule has 1 aromatic heterocycles. The van der Waals surface area contributed by atoms with Crippen molar-refractivity contribution >= 4 is 0 Å². The molecule has 0 fully saturated rings. The van der Waals surface area contributed by atoms with Gasteiger partial charge in [-0.2, -0.15) is 10.5 Å². The minimum atomic E-state index is -0.0657. The van der Waals surface area contributed by atoms with E-state index in [-0.39, 0.29) is 11.4 Å². The van der Waals surface area contributed by atoms with Crippen molar-refractivity contribution in [2.75, 3.05) is 0 Å². The van der Waals surface area contributed by atoms with Gasteiger partial charge in [-0.15, -0.1) is 4.73 Å². The predicted molar refractivity (Wildman–Crippen MR) is 34.8 cm³/mol. The molecule has 0 amide bonds. The maximum absolute atomic E-state index is 10.9. The summed E-state index contributed by atoms with van der Waals surface area (Å²) in [5, 5.41) is 27.6. The third kappa shape index (κ3) is 1.10. The second kappa shape index (κ2) is 2.68. The van der Waals surface area contributed by atoms with Crippen molar-refractivity contribution in [1.82, 2.24) is 0 Å². The van der Waals surface area contributed by atoms with Crippen molar-refractivity contribution in [3.8, 4) is 12.1 Å². The van der Waals surface area contributed by atoms with Crippen molar-refractivity contribution in [3.05, 3.63) is 34.8 Å².